The smallest absolute Gasteiger partial charge is 0.162 e. The van der Waals surface area contributed by atoms with Crippen LogP contribution < -0.4 is 0 Å². The van der Waals surface area contributed by atoms with E-state index in [0.717, 1.165) is 48.3 Å². The van der Waals surface area contributed by atoms with Crippen molar-refractivity contribution in [1.82, 2.24) is 4.90 Å². The first-order chi connectivity index (χ1) is 14.7. The van der Waals surface area contributed by atoms with Crippen molar-refractivity contribution in [2.24, 2.45) is 0 Å². The Kier molecular flexibility index (Phi) is 6.41. The topological polar surface area (TPSA) is 40.5 Å². The number of piperidine rings is 1. The third-order valence-corrected chi connectivity index (χ3v) is 6.17. The fourth-order valence-electron chi connectivity index (χ4n) is 4.41. The van der Waals surface area contributed by atoms with E-state index in [0.29, 0.717) is 19.3 Å². The monoisotopic (exact) mass is 399 g/mol. The van der Waals surface area contributed by atoms with Crippen molar-refractivity contribution in [2.75, 3.05) is 19.6 Å². The Morgan fingerprint density at radius 1 is 0.833 bits per heavy atom. The minimum atomic E-state index is -0.803. The quantitative estimate of drug-likeness (QED) is 0.548. The number of ketones is 1. The molecule has 0 aromatic heterocycles. The number of nitrogens with zero attached hydrogens (tertiary/aromatic N) is 1. The molecule has 3 heteroatoms. The number of likely N-dealkylation sites (tertiary alicyclic amines) is 1. The van der Waals surface area contributed by atoms with E-state index in [2.05, 4.69) is 29.2 Å². The van der Waals surface area contributed by atoms with Crippen LogP contribution in [0.1, 0.15) is 41.6 Å². The fraction of sp³-hybridized carbons (Fsp3) is 0.296. The van der Waals surface area contributed by atoms with Crippen molar-refractivity contribution in [3.05, 3.63) is 96.1 Å². The van der Waals surface area contributed by atoms with Crippen molar-refractivity contribution in [3.63, 3.8) is 0 Å². The third-order valence-electron chi connectivity index (χ3n) is 6.17. The van der Waals surface area contributed by atoms with Crippen LogP contribution in [-0.4, -0.2) is 35.4 Å². The number of Topliss-reactive ketones (excluding diaryl/α,β-unsaturated/α-hetero) is 1. The van der Waals surface area contributed by atoms with Gasteiger partial charge in [-0.25, -0.2) is 0 Å². The Hall–Kier alpha value is -2.75. The van der Waals surface area contributed by atoms with Gasteiger partial charge in [0.2, 0.25) is 0 Å². The molecule has 0 unspecified atom stereocenters. The summed E-state index contributed by atoms with van der Waals surface area (Å²) in [5.74, 6) is 0.209. The van der Waals surface area contributed by atoms with Gasteiger partial charge in [-0.3, -0.25) is 4.79 Å². The second kappa shape index (κ2) is 9.38. The number of rotatable bonds is 7. The fourth-order valence-corrected chi connectivity index (χ4v) is 4.41. The van der Waals surface area contributed by atoms with Crippen molar-refractivity contribution < 1.29 is 9.90 Å². The van der Waals surface area contributed by atoms with E-state index in [1.54, 1.807) is 0 Å². The van der Waals surface area contributed by atoms with E-state index in [-0.39, 0.29) is 5.78 Å². The van der Waals surface area contributed by atoms with Crippen molar-refractivity contribution in [2.45, 2.75) is 31.3 Å². The highest BCUT2D eigenvalue weighted by atomic mass is 16.3. The van der Waals surface area contributed by atoms with Gasteiger partial charge in [-0.2, -0.15) is 0 Å². The molecular weight excluding hydrogens is 370 g/mol. The number of carbonyl (C=O) groups excluding carboxylic acids is 1. The van der Waals surface area contributed by atoms with Crippen LogP contribution in [-0.2, 0) is 5.60 Å². The summed E-state index contributed by atoms with van der Waals surface area (Å²) in [6.07, 6.45) is 2.85. The molecule has 0 amide bonds. The zero-order chi connectivity index (χ0) is 20.8. The van der Waals surface area contributed by atoms with Crippen LogP contribution in [0.25, 0.3) is 11.1 Å². The summed E-state index contributed by atoms with van der Waals surface area (Å²) in [6, 6.07) is 28.0. The Morgan fingerprint density at radius 2 is 1.43 bits per heavy atom. The first-order valence-corrected chi connectivity index (χ1v) is 10.8. The lowest BCUT2D eigenvalue weighted by Crippen LogP contribution is -2.43. The number of carbonyl (C=O) groups is 1. The second-order valence-electron chi connectivity index (χ2n) is 8.18. The van der Waals surface area contributed by atoms with Gasteiger partial charge in [-0.05, 0) is 42.5 Å². The molecule has 1 aliphatic rings. The van der Waals surface area contributed by atoms with Gasteiger partial charge in [0.25, 0.3) is 0 Å². The maximum atomic E-state index is 12.3. The molecule has 0 saturated carbocycles. The first kappa shape index (κ1) is 20.5. The average molecular weight is 400 g/mol. The Balaban J connectivity index is 1.35. The molecule has 154 valence electrons. The van der Waals surface area contributed by atoms with Crippen molar-refractivity contribution >= 4 is 5.78 Å². The molecule has 3 aromatic carbocycles. The van der Waals surface area contributed by atoms with Gasteiger partial charge in [0.1, 0.15) is 0 Å². The molecule has 30 heavy (non-hydrogen) atoms. The molecule has 0 aliphatic carbocycles. The second-order valence-corrected chi connectivity index (χ2v) is 8.18. The Labute approximate surface area is 179 Å². The Bertz CT molecular complexity index is 960. The average Bonchev–Trinajstić information content (AvgIpc) is 2.81. The van der Waals surface area contributed by atoms with Crippen LogP contribution in [0.2, 0.25) is 0 Å². The molecule has 1 aliphatic heterocycles. The van der Waals surface area contributed by atoms with Crippen LogP contribution in [0.15, 0.2) is 84.9 Å². The van der Waals surface area contributed by atoms with Gasteiger partial charge < -0.3 is 10.0 Å². The van der Waals surface area contributed by atoms with Gasteiger partial charge >= 0.3 is 0 Å². The molecule has 3 aromatic rings. The standard InChI is InChI=1S/C27H29NO2/c29-26(23-12-5-2-6-13-23)16-9-19-28-20-17-27(30,18-21-28)25-15-8-7-14-24(25)22-10-3-1-4-11-22/h1-8,10-15,30H,9,16-21H2. The van der Waals surface area contributed by atoms with Gasteiger partial charge in [0, 0.05) is 25.1 Å². The largest absolute Gasteiger partial charge is 0.385 e. The summed E-state index contributed by atoms with van der Waals surface area (Å²) < 4.78 is 0. The number of benzene rings is 3. The summed E-state index contributed by atoms with van der Waals surface area (Å²) in [4.78, 5) is 14.7. The van der Waals surface area contributed by atoms with E-state index < -0.39 is 5.60 Å². The predicted octanol–water partition coefficient (Wildman–Crippen LogP) is 5.30. The zero-order valence-electron chi connectivity index (χ0n) is 17.3. The van der Waals surface area contributed by atoms with E-state index in [1.165, 1.54) is 0 Å². The molecular formula is C27H29NO2. The lowest BCUT2D eigenvalue weighted by atomic mass is 9.80. The zero-order valence-corrected chi connectivity index (χ0v) is 17.3. The predicted molar refractivity (Wildman–Crippen MR) is 121 cm³/mol. The highest BCUT2D eigenvalue weighted by Gasteiger charge is 2.35. The summed E-state index contributed by atoms with van der Waals surface area (Å²) in [5, 5.41) is 11.5. The summed E-state index contributed by atoms with van der Waals surface area (Å²) in [6.45, 7) is 2.59. The molecule has 0 atom stereocenters. The van der Waals surface area contributed by atoms with Gasteiger partial charge in [-0.1, -0.05) is 84.9 Å². The highest BCUT2D eigenvalue weighted by Crippen LogP contribution is 2.38. The molecule has 0 bridgehead atoms. The lowest BCUT2D eigenvalue weighted by molar-refractivity contribution is -0.0255. The van der Waals surface area contributed by atoms with E-state index >= 15 is 0 Å². The SMILES string of the molecule is O=C(CCCN1CCC(O)(c2ccccc2-c2ccccc2)CC1)c1ccccc1. The minimum absolute atomic E-state index is 0.209. The summed E-state index contributed by atoms with van der Waals surface area (Å²) >= 11 is 0. The lowest BCUT2D eigenvalue weighted by Gasteiger charge is -2.39. The van der Waals surface area contributed by atoms with E-state index in [4.69, 9.17) is 0 Å². The van der Waals surface area contributed by atoms with Crippen LogP contribution in [0, 0.1) is 0 Å². The first-order valence-electron chi connectivity index (χ1n) is 10.8. The number of hydrogen-bond acceptors (Lipinski definition) is 3. The molecule has 0 radical (unpaired) electrons. The van der Waals surface area contributed by atoms with Crippen molar-refractivity contribution in [3.8, 4) is 11.1 Å². The van der Waals surface area contributed by atoms with Crippen LogP contribution in [0.5, 0.6) is 0 Å². The van der Waals surface area contributed by atoms with Crippen LogP contribution in [0.3, 0.4) is 0 Å². The van der Waals surface area contributed by atoms with Crippen molar-refractivity contribution in [1.29, 1.82) is 0 Å². The van der Waals surface area contributed by atoms with Crippen LogP contribution in [0.4, 0.5) is 0 Å². The molecule has 1 heterocycles. The number of aliphatic hydroxyl groups is 1. The maximum Gasteiger partial charge on any atom is 0.162 e. The van der Waals surface area contributed by atoms with E-state index in [1.807, 2.05) is 60.7 Å². The third kappa shape index (κ3) is 4.69. The maximum absolute atomic E-state index is 12.3. The molecule has 1 saturated heterocycles. The Morgan fingerprint density at radius 3 is 2.13 bits per heavy atom. The molecule has 0 spiro atoms. The van der Waals surface area contributed by atoms with Crippen LogP contribution >= 0.6 is 0 Å². The normalized spacial score (nSPS) is 16.3. The summed E-state index contributed by atoms with van der Waals surface area (Å²) in [5.41, 5.74) is 3.27. The molecule has 1 N–H and O–H groups in total. The van der Waals surface area contributed by atoms with Gasteiger partial charge in [-0.15, -0.1) is 0 Å². The van der Waals surface area contributed by atoms with E-state index in [9.17, 15) is 9.90 Å². The summed E-state index contributed by atoms with van der Waals surface area (Å²) in [7, 11) is 0. The molecule has 3 nitrogen and oxygen atoms in total. The highest BCUT2D eigenvalue weighted by molar-refractivity contribution is 5.95. The van der Waals surface area contributed by atoms with Gasteiger partial charge in [0.15, 0.2) is 5.78 Å². The molecule has 4 rings (SSSR count). The minimum Gasteiger partial charge on any atom is -0.385 e. The van der Waals surface area contributed by atoms with Gasteiger partial charge in [0.05, 0.1) is 5.60 Å². The number of hydrogen-bond donors (Lipinski definition) is 1. The molecule has 1 fully saturated rings.